The molecular formula is C48H50N4O5. The number of allylic oxidation sites excluding steroid dienone is 3. The van der Waals surface area contributed by atoms with Crippen molar-refractivity contribution < 1.29 is 24.5 Å². The first kappa shape index (κ1) is 36.3. The molecule has 5 heterocycles. The maximum absolute atomic E-state index is 13.1. The van der Waals surface area contributed by atoms with Gasteiger partial charge in [-0.1, -0.05) is 67.9 Å². The molecule has 0 aromatic heterocycles. The van der Waals surface area contributed by atoms with Crippen molar-refractivity contribution in [2.75, 3.05) is 6.54 Å². The van der Waals surface area contributed by atoms with Gasteiger partial charge < -0.3 is 35.6 Å². The number of nitrogens with two attached hydrogens (primary N) is 1. The van der Waals surface area contributed by atoms with Gasteiger partial charge in [-0.15, -0.1) is 0 Å². The summed E-state index contributed by atoms with van der Waals surface area (Å²) in [5, 5.41) is 26.3. The number of nitrogens with one attached hydrogen (secondary N) is 1. The van der Waals surface area contributed by atoms with Crippen LogP contribution in [0, 0.1) is 47.0 Å². The minimum absolute atomic E-state index is 0.0216. The van der Waals surface area contributed by atoms with Crippen molar-refractivity contribution in [3.8, 4) is 35.4 Å². The number of ketones is 1. The van der Waals surface area contributed by atoms with Crippen LogP contribution in [-0.4, -0.2) is 45.5 Å². The molecule has 1 saturated carbocycles. The van der Waals surface area contributed by atoms with Crippen LogP contribution >= 0.6 is 0 Å². The molecule has 2 aromatic carbocycles. The minimum atomic E-state index is -1.04. The second-order valence-electron chi connectivity index (χ2n) is 17.4. The zero-order valence-electron chi connectivity index (χ0n) is 32.5. The normalized spacial score (nSPS) is 30.0. The summed E-state index contributed by atoms with van der Waals surface area (Å²) in [5.41, 5.74) is 15.6. The number of aliphatic hydroxyl groups is 2. The van der Waals surface area contributed by atoms with Gasteiger partial charge in [-0.05, 0) is 102 Å². The number of Topliss-reactive ketones (excluding diaryl/α,β-unsaturated/α-hetero) is 1. The number of hydrogen-bond acceptors (Lipinski definition) is 9. The number of hydrogen-bond donors (Lipinski definition) is 4. The molecule has 1 spiro atoms. The van der Waals surface area contributed by atoms with Gasteiger partial charge in [-0.2, -0.15) is 0 Å². The molecule has 9 heteroatoms. The maximum Gasteiger partial charge on any atom is 0.187 e. The molecule has 8 aliphatic rings. The standard InChI is InChI=1S/C48H50N4O5/c1-28-4-8-30(9-5-28)41(55)23-32(53)11-6-29-7-17-42-43(22-29)57-47-38(48(20-21-56-42)18-2-3-19-48)15-16-40(54)34-13-14-35-44-31(24-51-46(35)49)10-12-33(45(34)44)36-25-50-39-27-52(47)26-37(36)39/h4,7-8,13-14,17,22,24-26,28,30,33,38,40-41,46-47,51,54-55H,2-3,5-6,9-12,18-19,23,27,49H2,1H3. The number of benzene rings is 2. The molecule has 8 unspecified atom stereocenters. The quantitative estimate of drug-likeness (QED) is 0.186. The molecule has 2 bridgehead atoms. The number of aryl methyl sites for hydroxylation is 1. The Labute approximate surface area is 334 Å². The van der Waals surface area contributed by atoms with Gasteiger partial charge in [0, 0.05) is 48.9 Å². The van der Waals surface area contributed by atoms with E-state index in [-0.39, 0.29) is 30.2 Å². The van der Waals surface area contributed by atoms with Crippen LogP contribution in [-0.2, 0) is 11.2 Å². The van der Waals surface area contributed by atoms with E-state index in [1.807, 2.05) is 42.7 Å². The van der Waals surface area contributed by atoms with Gasteiger partial charge in [0.25, 0.3) is 0 Å². The molecule has 292 valence electrons. The smallest absolute Gasteiger partial charge is 0.187 e. The highest BCUT2D eigenvalue weighted by Crippen LogP contribution is 2.53. The third-order valence-electron chi connectivity index (χ3n) is 13.8. The van der Waals surface area contributed by atoms with E-state index in [0.717, 1.165) is 96.0 Å². The second-order valence-corrected chi connectivity index (χ2v) is 17.4. The third-order valence-corrected chi connectivity index (χ3v) is 13.8. The lowest BCUT2D eigenvalue weighted by atomic mass is 9.70. The Hall–Kier alpha value is -5.06. The van der Waals surface area contributed by atoms with Crippen LogP contribution in [0.5, 0.6) is 11.5 Å². The first-order chi connectivity index (χ1) is 27.7. The zero-order chi connectivity index (χ0) is 38.8. The van der Waals surface area contributed by atoms with Crippen LogP contribution < -0.4 is 20.5 Å². The molecule has 10 rings (SSSR count). The minimum Gasteiger partial charge on any atom is -0.465 e. The van der Waals surface area contributed by atoms with E-state index in [0.29, 0.717) is 36.8 Å². The van der Waals surface area contributed by atoms with Crippen LogP contribution in [0.3, 0.4) is 0 Å². The molecule has 1 fully saturated rings. The summed E-state index contributed by atoms with van der Waals surface area (Å²) in [7, 11) is 0. The van der Waals surface area contributed by atoms with E-state index in [4.69, 9.17) is 20.2 Å². The van der Waals surface area contributed by atoms with Crippen molar-refractivity contribution in [3.63, 3.8) is 0 Å². The van der Waals surface area contributed by atoms with Crippen molar-refractivity contribution in [3.05, 3.63) is 100 Å². The van der Waals surface area contributed by atoms with Crippen molar-refractivity contribution in [1.82, 2.24) is 10.2 Å². The number of ether oxygens (including phenoxy) is 2. The van der Waals surface area contributed by atoms with Gasteiger partial charge in [0.15, 0.2) is 17.7 Å². The Balaban J connectivity index is 1.01. The second kappa shape index (κ2) is 14.4. The third kappa shape index (κ3) is 6.41. The fourth-order valence-electron chi connectivity index (χ4n) is 10.6. The molecule has 0 saturated heterocycles. The highest BCUT2D eigenvalue weighted by Gasteiger charge is 2.49. The lowest BCUT2D eigenvalue weighted by Crippen LogP contribution is -2.47. The first-order valence-electron chi connectivity index (χ1n) is 20.9. The largest absolute Gasteiger partial charge is 0.465 e. The van der Waals surface area contributed by atoms with Crippen LogP contribution in [0.4, 0.5) is 0 Å². The predicted octanol–water partition coefficient (Wildman–Crippen LogP) is 6.84. The highest BCUT2D eigenvalue weighted by atomic mass is 16.5. The Morgan fingerprint density at radius 1 is 1.11 bits per heavy atom. The van der Waals surface area contributed by atoms with E-state index >= 15 is 0 Å². The van der Waals surface area contributed by atoms with Crippen molar-refractivity contribution in [1.29, 1.82) is 0 Å². The van der Waals surface area contributed by atoms with Crippen molar-refractivity contribution >= 4 is 17.1 Å². The maximum atomic E-state index is 13.1. The van der Waals surface area contributed by atoms with E-state index in [1.165, 1.54) is 5.57 Å². The summed E-state index contributed by atoms with van der Waals surface area (Å²) in [4.78, 5) is 20.4. The van der Waals surface area contributed by atoms with Crippen molar-refractivity contribution in [2.24, 2.45) is 33.9 Å². The number of carbonyl (C=O) groups excluding carboxylic acids is 1. The Morgan fingerprint density at radius 2 is 1.96 bits per heavy atom. The summed E-state index contributed by atoms with van der Waals surface area (Å²) < 4.78 is 13.3. The SMILES string of the molecule is CC1C=CC(C(O)CC(=O)CCc2ccc3c(c2)OC2C(C#CC(O)c4ccc5c6c4C(CCC6=CNC5N)C4=CN=C5CN2C=C45)C2(C#CO3)CCCC2)CC1. The molecule has 3 aliphatic carbocycles. The van der Waals surface area contributed by atoms with E-state index in [1.54, 1.807) is 0 Å². The summed E-state index contributed by atoms with van der Waals surface area (Å²) in [6.45, 7) is 2.73. The molecule has 2 aromatic rings. The Kier molecular flexibility index (Phi) is 9.17. The van der Waals surface area contributed by atoms with Crippen molar-refractivity contribution in [2.45, 2.75) is 108 Å². The van der Waals surface area contributed by atoms with E-state index in [2.05, 4.69) is 59.4 Å². The first-order valence-corrected chi connectivity index (χ1v) is 20.9. The summed E-state index contributed by atoms with van der Waals surface area (Å²) >= 11 is 0. The van der Waals surface area contributed by atoms with Gasteiger partial charge in [0.05, 0.1) is 29.7 Å². The molecular weight excluding hydrogens is 713 g/mol. The molecule has 8 atom stereocenters. The molecule has 5 aliphatic heterocycles. The average Bonchev–Trinajstić information content (AvgIpc) is 3.96. The molecule has 5 N–H and O–H groups in total. The number of rotatable bonds is 6. The molecule has 0 amide bonds. The zero-order valence-corrected chi connectivity index (χ0v) is 32.5. The van der Waals surface area contributed by atoms with Crippen LogP contribution in [0.2, 0.25) is 0 Å². The van der Waals surface area contributed by atoms with Crippen LogP contribution in [0.15, 0.2) is 77.2 Å². The highest BCUT2D eigenvalue weighted by molar-refractivity contribution is 6.10. The van der Waals surface area contributed by atoms with Gasteiger partial charge in [-0.25, -0.2) is 0 Å². The number of fused-ring (bicyclic) bond motifs is 6. The summed E-state index contributed by atoms with van der Waals surface area (Å²) in [6, 6.07) is 9.88. The van der Waals surface area contributed by atoms with Gasteiger partial charge >= 0.3 is 0 Å². The number of carbonyl (C=O) groups is 1. The number of aliphatic imine (C=N–C) groups is 1. The van der Waals surface area contributed by atoms with Crippen LogP contribution in [0.1, 0.15) is 117 Å². The van der Waals surface area contributed by atoms with E-state index in [9.17, 15) is 15.0 Å². The topological polar surface area (TPSA) is 130 Å². The summed E-state index contributed by atoms with van der Waals surface area (Å²) in [6.07, 6.45) is 19.4. The van der Waals surface area contributed by atoms with Crippen LogP contribution in [0.25, 0.3) is 5.57 Å². The van der Waals surface area contributed by atoms with Gasteiger partial charge in [-0.3, -0.25) is 9.79 Å². The lowest BCUT2D eigenvalue weighted by molar-refractivity contribution is -0.121. The molecule has 57 heavy (non-hydrogen) atoms. The molecule has 9 nitrogen and oxygen atoms in total. The summed E-state index contributed by atoms with van der Waals surface area (Å²) in [5.74, 6) is 11.8. The Morgan fingerprint density at radius 3 is 2.81 bits per heavy atom. The molecule has 0 radical (unpaired) electrons. The fraction of sp³-hybridized carbons (Fsp3) is 0.458. The number of aliphatic hydroxyl groups excluding tert-OH is 2. The Bertz CT molecular complexity index is 2310. The number of nitrogens with zero attached hydrogens (tertiary/aromatic N) is 2. The fourth-order valence-corrected chi connectivity index (χ4v) is 10.6. The lowest BCUT2D eigenvalue weighted by Gasteiger charge is -2.39. The monoisotopic (exact) mass is 762 g/mol. The van der Waals surface area contributed by atoms with Gasteiger partial charge in [0.1, 0.15) is 24.2 Å². The predicted molar refractivity (Wildman–Crippen MR) is 218 cm³/mol. The van der Waals surface area contributed by atoms with E-state index < -0.39 is 29.8 Å². The average molecular weight is 763 g/mol. The van der Waals surface area contributed by atoms with Gasteiger partial charge in [0.2, 0.25) is 0 Å².